The fraction of sp³-hybridized carbons (Fsp3) is 0.692. The van der Waals surface area contributed by atoms with Gasteiger partial charge in [-0.3, -0.25) is 4.57 Å². The van der Waals surface area contributed by atoms with Crippen molar-refractivity contribution in [2.24, 2.45) is 0 Å². The van der Waals surface area contributed by atoms with E-state index in [2.05, 4.69) is 6.58 Å². The maximum absolute atomic E-state index is 12.2. The van der Waals surface area contributed by atoms with E-state index in [1.165, 1.54) is 27.1 Å². The Bertz CT molecular complexity index is 389. The molecule has 1 aliphatic rings. The van der Waals surface area contributed by atoms with Crippen LogP contribution in [0.1, 0.15) is 32.6 Å². The molecule has 19 heavy (non-hydrogen) atoms. The average molecular weight is 325 g/mol. The van der Waals surface area contributed by atoms with Gasteiger partial charge in [-0.1, -0.05) is 19.4 Å². The summed E-state index contributed by atoms with van der Waals surface area (Å²) in [4.78, 5) is 0.851. The molecule has 6 heteroatoms. The van der Waals surface area contributed by atoms with Gasteiger partial charge in [-0.25, -0.2) is 0 Å². The lowest BCUT2D eigenvalue weighted by molar-refractivity contribution is 0.286. The average Bonchev–Trinajstić information content (AvgIpc) is 2.40. The van der Waals surface area contributed by atoms with E-state index in [-0.39, 0.29) is 5.38 Å². The minimum absolute atomic E-state index is 0.158. The third kappa shape index (κ3) is 5.28. The monoisotopic (exact) mass is 324 g/mol. The predicted octanol–water partition coefficient (Wildman–Crippen LogP) is 5.17. The standard InChI is InChI=1S/C13H22ClO3PS/c1-10(2)13(9-18(15,16-3)17-4)19-12-8-6-5-7-11(12)14/h9,11-12H,1,5-8H2,2-4H3/b13-9+/t11-,12-/m0/s1. The molecule has 3 nitrogen and oxygen atoms in total. The Morgan fingerprint density at radius 3 is 2.42 bits per heavy atom. The minimum atomic E-state index is -3.17. The highest BCUT2D eigenvalue weighted by Crippen LogP contribution is 2.52. The maximum Gasteiger partial charge on any atom is 0.354 e. The summed E-state index contributed by atoms with van der Waals surface area (Å²) in [6.45, 7) is 5.82. The van der Waals surface area contributed by atoms with Crippen LogP contribution in [0.15, 0.2) is 22.9 Å². The van der Waals surface area contributed by atoms with Crippen molar-refractivity contribution in [3.8, 4) is 0 Å². The molecule has 0 aromatic carbocycles. The molecule has 1 fully saturated rings. The van der Waals surface area contributed by atoms with Crippen LogP contribution in [0.5, 0.6) is 0 Å². The molecule has 110 valence electrons. The fourth-order valence-corrected chi connectivity index (χ4v) is 4.94. The van der Waals surface area contributed by atoms with Gasteiger partial charge in [0.15, 0.2) is 0 Å². The van der Waals surface area contributed by atoms with Crippen molar-refractivity contribution in [1.82, 2.24) is 0 Å². The molecule has 0 saturated heterocycles. The van der Waals surface area contributed by atoms with Crippen molar-refractivity contribution in [2.75, 3.05) is 14.2 Å². The first-order chi connectivity index (χ1) is 8.91. The van der Waals surface area contributed by atoms with Gasteiger partial charge in [-0.05, 0) is 25.3 Å². The van der Waals surface area contributed by atoms with Gasteiger partial charge in [-0.15, -0.1) is 23.4 Å². The Balaban J connectivity index is 2.86. The van der Waals surface area contributed by atoms with Crippen molar-refractivity contribution in [3.05, 3.63) is 22.9 Å². The summed E-state index contributed by atoms with van der Waals surface area (Å²) in [5.74, 6) is 1.55. The van der Waals surface area contributed by atoms with Crippen LogP contribution in [0.25, 0.3) is 0 Å². The topological polar surface area (TPSA) is 35.5 Å². The van der Waals surface area contributed by atoms with Gasteiger partial charge in [0.25, 0.3) is 0 Å². The van der Waals surface area contributed by atoms with E-state index in [0.29, 0.717) is 5.25 Å². The zero-order chi connectivity index (χ0) is 14.5. The third-order valence-corrected chi connectivity index (χ3v) is 7.13. The second-order valence-electron chi connectivity index (χ2n) is 4.64. The zero-order valence-corrected chi connectivity index (χ0v) is 14.2. The first-order valence-corrected chi connectivity index (χ1v) is 9.25. The van der Waals surface area contributed by atoms with Crippen molar-refractivity contribution < 1.29 is 13.6 Å². The molecule has 1 saturated carbocycles. The number of allylic oxidation sites excluding steroid dienone is 1. The molecule has 0 radical (unpaired) electrons. The van der Waals surface area contributed by atoms with E-state index < -0.39 is 7.60 Å². The quantitative estimate of drug-likeness (QED) is 0.383. The van der Waals surface area contributed by atoms with Crippen LogP contribution >= 0.6 is 31.0 Å². The minimum Gasteiger partial charge on any atom is -0.309 e. The first kappa shape index (κ1) is 17.3. The summed E-state index contributed by atoms with van der Waals surface area (Å²) >= 11 is 8.00. The van der Waals surface area contributed by atoms with Gasteiger partial charge in [-0.2, -0.15) is 0 Å². The lowest BCUT2D eigenvalue weighted by Crippen LogP contribution is -2.22. The van der Waals surface area contributed by atoms with Crippen molar-refractivity contribution >= 4 is 31.0 Å². The molecular weight excluding hydrogens is 303 g/mol. The molecular formula is C13H22ClO3PS. The largest absolute Gasteiger partial charge is 0.354 e. The van der Waals surface area contributed by atoms with Gasteiger partial charge in [0.05, 0.1) is 0 Å². The summed E-state index contributed by atoms with van der Waals surface area (Å²) in [5.41, 5.74) is 0.855. The number of hydrogen-bond donors (Lipinski definition) is 0. The Morgan fingerprint density at radius 1 is 1.37 bits per heavy atom. The predicted molar refractivity (Wildman–Crippen MR) is 84.0 cm³/mol. The van der Waals surface area contributed by atoms with Crippen LogP contribution in [-0.4, -0.2) is 24.8 Å². The van der Waals surface area contributed by atoms with E-state index >= 15 is 0 Å². The van der Waals surface area contributed by atoms with Gasteiger partial charge in [0.2, 0.25) is 0 Å². The molecule has 0 aliphatic heterocycles. The van der Waals surface area contributed by atoms with Gasteiger partial charge >= 0.3 is 7.60 Å². The number of hydrogen-bond acceptors (Lipinski definition) is 4. The number of rotatable bonds is 6. The summed E-state index contributed by atoms with van der Waals surface area (Å²) in [6, 6.07) is 0. The fourth-order valence-electron chi connectivity index (χ4n) is 1.91. The van der Waals surface area contributed by atoms with Crippen LogP contribution in [0.2, 0.25) is 0 Å². The first-order valence-electron chi connectivity index (χ1n) is 6.32. The third-order valence-electron chi connectivity index (χ3n) is 3.11. The van der Waals surface area contributed by atoms with Crippen LogP contribution in [0, 0.1) is 0 Å². The molecule has 0 aromatic heterocycles. The second-order valence-corrected chi connectivity index (χ2v) is 8.55. The number of halogens is 1. The van der Waals surface area contributed by atoms with E-state index in [1.807, 2.05) is 6.92 Å². The Labute approximate surface area is 125 Å². The molecule has 0 amide bonds. The number of alkyl halides is 1. The SMILES string of the molecule is C=C(C)/C(=C\P(=O)(OC)OC)S[C@H]1CCCC[C@@H]1Cl. The molecule has 0 heterocycles. The lowest BCUT2D eigenvalue weighted by Gasteiger charge is -2.27. The summed E-state index contributed by atoms with van der Waals surface area (Å²) < 4.78 is 22.1. The van der Waals surface area contributed by atoms with Crippen molar-refractivity contribution in [2.45, 2.75) is 43.2 Å². The lowest BCUT2D eigenvalue weighted by atomic mass is 10.00. The second kappa shape index (κ2) is 7.90. The maximum atomic E-state index is 12.2. The van der Waals surface area contributed by atoms with Crippen molar-refractivity contribution in [3.63, 3.8) is 0 Å². The number of thioether (sulfide) groups is 1. The van der Waals surface area contributed by atoms with E-state index in [9.17, 15) is 4.57 Å². The van der Waals surface area contributed by atoms with E-state index in [0.717, 1.165) is 23.3 Å². The molecule has 1 aliphatic carbocycles. The highest BCUT2D eigenvalue weighted by Gasteiger charge is 2.27. The Morgan fingerprint density at radius 2 is 1.95 bits per heavy atom. The highest BCUT2D eigenvalue weighted by atomic mass is 35.5. The molecule has 1 rings (SSSR count). The van der Waals surface area contributed by atoms with E-state index in [4.69, 9.17) is 20.6 Å². The van der Waals surface area contributed by atoms with E-state index in [1.54, 1.807) is 17.6 Å². The molecule has 0 aromatic rings. The summed E-state index contributed by atoms with van der Waals surface area (Å²) in [5, 5.41) is 0.492. The molecule has 2 atom stereocenters. The Hall–Kier alpha value is 0.270. The Kier molecular flexibility index (Phi) is 7.20. The highest BCUT2D eigenvalue weighted by molar-refractivity contribution is 8.04. The van der Waals surface area contributed by atoms with Gasteiger partial charge < -0.3 is 9.05 Å². The van der Waals surface area contributed by atoms with Crippen LogP contribution < -0.4 is 0 Å². The van der Waals surface area contributed by atoms with Crippen LogP contribution in [0.4, 0.5) is 0 Å². The normalized spacial score (nSPS) is 25.4. The summed E-state index contributed by atoms with van der Waals surface area (Å²) in [6.07, 6.45) is 4.49. The molecule has 0 spiro atoms. The van der Waals surface area contributed by atoms with Crippen LogP contribution in [-0.2, 0) is 13.6 Å². The van der Waals surface area contributed by atoms with Gasteiger partial charge in [0, 0.05) is 35.6 Å². The van der Waals surface area contributed by atoms with Gasteiger partial charge in [0.1, 0.15) is 0 Å². The molecule has 0 bridgehead atoms. The molecule has 0 unspecified atom stereocenters. The van der Waals surface area contributed by atoms with Crippen LogP contribution in [0.3, 0.4) is 0 Å². The zero-order valence-electron chi connectivity index (χ0n) is 11.7. The summed E-state index contributed by atoms with van der Waals surface area (Å²) in [7, 11) is -0.403. The smallest absolute Gasteiger partial charge is 0.309 e. The molecule has 0 N–H and O–H groups in total. The van der Waals surface area contributed by atoms with Crippen molar-refractivity contribution in [1.29, 1.82) is 0 Å².